The SMILES string of the molecule is CN=C(NCCCc1nc2ccccc2[nH]1)N(C)Cc1cc(Cl)cn1C. The van der Waals surface area contributed by atoms with Crippen molar-refractivity contribution in [2.24, 2.45) is 12.0 Å². The van der Waals surface area contributed by atoms with Crippen molar-refractivity contribution in [2.75, 3.05) is 20.6 Å². The summed E-state index contributed by atoms with van der Waals surface area (Å²) in [5, 5.41) is 4.17. The fourth-order valence-electron chi connectivity index (χ4n) is 3.01. The zero-order valence-electron chi connectivity index (χ0n) is 15.5. The lowest BCUT2D eigenvalue weighted by molar-refractivity contribution is 0.461. The minimum Gasteiger partial charge on any atom is -0.356 e. The van der Waals surface area contributed by atoms with Crippen molar-refractivity contribution < 1.29 is 0 Å². The van der Waals surface area contributed by atoms with Crippen LogP contribution in [0.25, 0.3) is 11.0 Å². The number of aliphatic imine (C=N–C) groups is 1. The number of H-pyrrole nitrogens is 1. The first-order chi connectivity index (χ1) is 12.6. The molecular weight excluding hydrogens is 348 g/mol. The number of imidazole rings is 1. The molecule has 0 fully saturated rings. The normalized spacial score (nSPS) is 11.9. The number of aromatic amines is 1. The van der Waals surface area contributed by atoms with Gasteiger partial charge in [0.2, 0.25) is 0 Å². The van der Waals surface area contributed by atoms with Crippen molar-refractivity contribution in [3.63, 3.8) is 0 Å². The van der Waals surface area contributed by atoms with Crippen LogP contribution in [0.4, 0.5) is 0 Å². The van der Waals surface area contributed by atoms with Gasteiger partial charge in [-0.25, -0.2) is 4.98 Å². The summed E-state index contributed by atoms with van der Waals surface area (Å²) < 4.78 is 2.04. The Hall–Kier alpha value is -2.47. The standard InChI is InChI=1S/C19H25ClN6/c1-21-19(26(3)13-15-11-14(20)12-25(15)2)22-10-6-9-18-23-16-7-4-5-8-17(16)24-18/h4-5,7-8,11-12H,6,9-10,13H2,1-3H3,(H,21,22)(H,23,24). The molecule has 1 aromatic carbocycles. The Balaban J connectivity index is 1.48. The minimum absolute atomic E-state index is 0.743. The van der Waals surface area contributed by atoms with Gasteiger partial charge in [0.05, 0.1) is 22.6 Å². The second kappa shape index (κ2) is 8.27. The molecular formula is C19H25ClN6. The Morgan fingerprint density at radius 3 is 2.88 bits per heavy atom. The van der Waals surface area contributed by atoms with Crippen LogP contribution in [0.15, 0.2) is 41.5 Å². The predicted molar refractivity (Wildman–Crippen MR) is 108 cm³/mol. The first-order valence-corrected chi connectivity index (χ1v) is 9.11. The molecule has 0 bridgehead atoms. The number of benzene rings is 1. The first kappa shape index (κ1) is 18.3. The smallest absolute Gasteiger partial charge is 0.193 e. The molecule has 6 nitrogen and oxygen atoms in total. The second-order valence-electron chi connectivity index (χ2n) is 6.39. The maximum Gasteiger partial charge on any atom is 0.193 e. The van der Waals surface area contributed by atoms with Crippen LogP contribution in [0.1, 0.15) is 17.9 Å². The van der Waals surface area contributed by atoms with Gasteiger partial charge < -0.3 is 19.8 Å². The maximum atomic E-state index is 6.06. The number of para-hydroxylation sites is 2. The lowest BCUT2D eigenvalue weighted by atomic mass is 10.3. The van der Waals surface area contributed by atoms with E-state index in [1.165, 1.54) is 0 Å². The van der Waals surface area contributed by atoms with Crippen LogP contribution >= 0.6 is 11.6 Å². The second-order valence-corrected chi connectivity index (χ2v) is 6.83. The van der Waals surface area contributed by atoms with E-state index in [4.69, 9.17) is 11.6 Å². The maximum absolute atomic E-state index is 6.06. The molecule has 0 amide bonds. The monoisotopic (exact) mass is 372 g/mol. The first-order valence-electron chi connectivity index (χ1n) is 8.73. The molecule has 26 heavy (non-hydrogen) atoms. The average Bonchev–Trinajstić information content (AvgIpc) is 3.17. The average molecular weight is 373 g/mol. The van der Waals surface area contributed by atoms with Crippen LogP contribution < -0.4 is 5.32 Å². The third-order valence-corrected chi connectivity index (χ3v) is 4.57. The largest absolute Gasteiger partial charge is 0.356 e. The van der Waals surface area contributed by atoms with E-state index in [1.54, 1.807) is 7.05 Å². The van der Waals surface area contributed by atoms with E-state index in [9.17, 15) is 0 Å². The topological polar surface area (TPSA) is 61.2 Å². The van der Waals surface area contributed by atoms with Crippen LogP contribution in [-0.4, -0.2) is 46.0 Å². The molecule has 0 aliphatic rings. The summed E-state index contributed by atoms with van der Waals surface area (Å²) in [5.74, 6) is 1.89. The fourth-order valence-corrected chi connectivity index (χ4v) is 3.28. The number of nitrogens with one attached hydrogen (secondary N) is 2. The highest BCUT2D eigenvalue weighted by atomic mass is 35.5. The van der Waals surface area contributed by atoms with Crippen molar-refractivity contribution >= 4 is 28.6 Å². The number of hydrogen-bond acceptors (Lipinski definition) is 2. The number of guanidine groups is 1. The summed E-state index contributed by atoms with van der Waals surface area (Å²) in [7, 11) is 5.82. The van der Waals surface area contributed by atoms with E-state index in [0.717, 1.165) is 59.5 Å². The van der Waals surface area contributed by atoms with Gasteiger partial charge in [-0.05, 0) is 24.6 Å². The molecule has 7 heteroatoms. The number of rotatable bonds is 6. The van der Waals surface area contributed by atoms with Crippen LogP contribution in [-0.2, 0) is 20.0 Å². The van der Waals surface area contributed by atoms with E-state index in [-0.39, 0.29) is 0 Å². The van der Waals surface area contributed by atoms with Gasteiger partial charge in [-0.2, -0.15) is 0 Å². The number of nitrogens with zero attached hydrogens (tertiary/aromatic N) is 4. The van der Waals surface area contributed by atoms with Gasteiger partial charge in [-0.3, -0.25) is 4.99 Å². The summed E-state index contributed by atoms with van der Waals surface area (Å²) in [6, 6.07) is 10.1. The van der Waals surface area contributed by atoms with Gasteiger partial charge in [-0.1, -0.05) is 23.7 Å². The van der Waals surface area contributed by atoms with Gasteiger partial charge in [0.15, 0.2) is 5.96 Å². The van der Waals surface area contributed by atoms with Crippen molar-refractivity contribution in [1.29, 1.82) is 0 Å². The Morgan fingerprint density at radius 2 is 2.19 bits per heavy atom. The number of halogens is 1. The minimum atomic E-state index is 0.743. The Bertz CT molecular complexity index is 861. The quantitative estimate of drug-likeness (QED) is 0.397. The Morgan fingerprint density at radius 1 is 1.38 bits per heavy atom. The molecule has 0 saturated heterocycles. The number of hydrogen-bond donors (Lipinski definition) is 2. The molecule has 0 aliphatic heterocycles. The third-order valence-electron chi connectivity index (χ3n) is 4.36. The molecule has 0 spiro atoms. The zero-order valence-corrected chi connectivity index (χ0v) is 16.2. The molecule has 0 saturated carbocycles. The van der Waals surface area contributed by atoms with E-state index < -0.39 is 0 Å². The van der Waals surface area contributed by atoms with Crippen LogP contribution in [0, 0.1) is 0 Å². The Kier molecular flexibility index (Phi) is 5.83. The number of aromatic nitrogens is 3. The summed E-state index contributed by atoms with van der Waals surface area (Å²) in [6.07, 6.45) is 3.78. The van der Waals surface area contributed by atoms with E-state index in [0.29, 0.717) is 0 Å². The molecule has 3 rings (SSSR count). The summed E-state index contributed by atoms with van der Waals surface area (Å²) in [4.78, 5) is 14.4. The molecule has 0 unspecified atom stereocenters. The molecule has 2 aromatic heterocycles. The van der Waals surface area contributed by atoms with E-state index >= 15 is 0 Å². The zero-order chi connectivity index (χ0) is 18.5. The van der Waals surface area contributed by atoms with Crippen LogP contribution in [0.3, 0.4) is 0 Å². The predicted octanol–water partition coefficient (Wildman–Crippen LogP) is 3.19. The van der Waals surface area contributed by atoms with Gasteiger partial charge in [0.1, 0.15) is 5.82 Å². The highest BCUT2D eigenvalue weighted by Crippen LogP contribution is 2.14. The lowest BCUT2D eigenvalue weighted by Gasteiger charge is -2.22. The van der Waals surface area contributed by atoms with Crippen molar-refractivity contribution in [1.82, 2.24) is 24.8 Å². The lowest BCUT2D eigenvalue weighted by Crippen LogP contribution is -2.39. The third kappa shape index (κ3) is 4.38. The van der Waals surface area contributed by atoms with Crippen molar-refractivity contribution in [3.05, 3.63) is 53.1 Å². The van der Waals surface area contributed by atoms with Crippen molar-refractivity contribution in [2.45, 2.75) is 19.4 Å². The van der Waals surface area contributed by atoms with Crippen molar-refractivity contribution in [3.8, 4) is 0 Å². The highest BCUT2D eigenvalue weighted by Gasteiger charge is 2.09. The summed E-state index contributed by atoms with van der Waals surface area (Å²) in [6.45, 7) is 1.58. The summed E-state index contributed by atoms with van der Waals surface area (Å²) >= 11 is 6.06. The Labute approximate surface area is 158 Å². The van der Waals surface area contributed by atoms with Crippen LogP contribution in [0.2, 0.25) is 5.02 Å². The van der Waals surface area contributed by atoms with E-state index in [2.05, 4.69) is 31.2 Å². The molecule has 3 aromatic rings. The van der Waals surface area contributed by atoms with E-state index in [1.807, 2.05) is 49.1 Å². The highest BCUT2D eigenvalue weighted by molar-refractivity contribution is 6.30. The van der Waals surface area contributed by atoms with Gasteiger partial charge in [-0.15, -0.1) is 0 Å². The summed E-state index contributed by atoms with van der Waals surface area (Å²) in [5.41, 5.74) is 3.25. The van der Waals surface area contributed by atoms with Gasteiger partial charge >= 0.3 is 0 Å². The fraction of sp³-hybridized carbons (Fsp3) is 0.368. The molecule has 0 atom stereocenters. The van der Waals surface area contributed by atoms with Gasteiger partial charge in [0.25, 0.3) is 0 Å². The van der Waals surface area contributed by atoms with Crippen LogP contribution in [0.5, 0.6) is 0 Å². The molecule has 2 heterocycles. The number of fused-ring (bicyclic) bond motifs is 1. The molecule has 0 radical (unpaired) electrons. The number of aryl methyl sites for hydroxylation is 2. The molecule has 138 valence electrons. The van der Waals surface area contributed by atoms with Gasteiger partial charge in [0, 0.05) is 46.0 Å². The molecule has 0 aliphatic carbocycles. The molecule has 2 N–H and O–H groups in total.